The van der Waals surface area contributed by atoms with Crippen molar-refractivity contribution in [3.63, 3.8) is 0 Å². The van der Waals surface area contributed by atoms with E-state index in [0.717, 1.165) is 0 Å². The van der Waals surface area contributed by atoms with Crippen LogP contribution in [0.2, 0.25) is 10.0 Å². The molecule has 1 unspecified atom stereocenters. The Hall–Kier alpha value is -1.33. The van der Waals surface area contributed by atoms with Crippen molar-refractivity contribution in [2.24, 2.45) is 5.84 Å². The van der Waals surface area contributed by atoms with Crippen molar-refractivity contribution < 1.29 is 9.13 Å². The second kappa shape index (κ2) is 7.61. The second-order valence-electron chi connectivity index (χ2n) is 4.57. The summed E-state index contributed by atoms with van der Waals surface area (Å²) in [5.41, 5.74) is 3.33. The Kier molecular flexibility index (Phi) is 5.82. The number of hydrazine groups is 1. The third-order valence-corrected chi connectivity index (χ3v) is 3.60. The number of nitrogens with one attached hydrogen (secondary N) is 1. The van der Waals surface area contributed by atoms with Crippen LogP contribution in [0.3, 0.4) is 0 Å². The van der Waals surface area contributed by atoms with Crippen molar-refractivity contribution in [1.29, 1.82) is 0 Å². The molecule has 0 saturated carbocycles. The Morgan fingerprint density at radius 1 is 1.14 bits per heavy atom. The van der Waals surface area contributed by atoms with Crippen molar-refractivity contribution in [3.8, 4) is 5.75 Å². The van der Waals surface area contributed by atoms with Crippen LogP contribution >= 0.6 is 23.2 Å². The molecular weight excluding hydrogens is 314 g/mol. The first-order valence-electron chi connectivity index (χ1n) is 6.37. The molecule has 3 nitrogen and oxygen atoms in total. The van der Waals surface area contributed by atoms with Crippen molar-refractivity contribution in [2.75, 3.05) is 6.61 Å². The van der Waals surface area contributed by atoms with Crippen molar-refractivity contribution in [2.45, 2.75) is 12.5 Å². The van der Waals surface area contributed by atoms with Gasteiger partial charge in [-0.25, -0.2) is 4.39 Å². The Bertz CT molecular complexity index is 593. The molecule has 0 saturated heterocycles. The lowest BCUT2D eigenvalue weighted by atomic mass is 10.1. The highest BCUT2D eigenvalue weighted by molar-refractivity contribution is 6.31. The summed E-state index contributed by atoms with van der Waals surface area (Å²) in [6, 6.07) is 11.1. The third kappa shape index (κ3) is 4.86. The highest BCUT2D eigenvalue weighted by atomic mass is 35.5. The maximum atomic E-state index is 13.2. The zero-order valence-electron chi connectivity index (χ0n) is 11.2. The van der Waals surface area contributed by atoms with Gasteiger partial charge in [0.05, 0.1) is 6.04 Å². The summed E-state index contributed by atoms with van der Waals surface area (Å²) in [4.78, 5) is 0. The van der Waals surface area contributed by atoms with Crippen LogP contribution in [0.25, 0.3) is 0 Å². The molecule has 2 aromatic rings. The van der Waals surface area contributed by atoms with E-state index in [1.807, 2.05) is 0 Å². The van der Waals surface area contributed by atoms with E-state index in [1.54, 1.807) is 24.3 Å². The lowest BCUT2D eigenvalue weighted by Crippen LogP contribution is -2.41. The average molecular weight is 329 g/mol. The van der Waals surface area contributed by atoms with Gasteiger partial charge in [-0.2, -0.15) is 0 Å². The van der Waals surface area contributed by atoms with Crippen LogP contribution < -0.4 is 16.0 Å². The number of nitrogens with two attached hydrogens (primary N) is 1. The summed E-state index contributed by atoms with van der Waals surface area (Å²) in [5.74, 6) is 5.86. The van der Waals surface area contributed by atoms with Gasteiger partial charge in [0, 0.05) is 10.0 Å². The van der Waals surface area contributed by atoms with Crippen molar-refractivity contribution >= 4 is 23.2 Å². The molecule has 0 radical (unpaired) electrons. The Morgan fingerprint density at radius 2 is 1.86 bits per heavy atom. The van der Waals surface area contributed by atoms with Crippen molar-refractivity contribution in [1.82, 2.24) is 5.43 Å². The first-order chi connectivity index (χ1) is 10.1. The summed E-state index contributed by atoms with van der Waals surface area (Å²) in [5, 5.41) is 1.14. The molecule has 2 rings (SSSR count). The molecule has 0 heterocycles. The molecule has 112 valence electrons. The molecule has 3 N–H and O–H groups in total. The summed E-state index contributed by atoms with van der Waals surface area (Å²) in [7, 11) is 0. The fraction of sp³-hybridized carbons (Fsp3) is 0.200. The van der Waals surface area contributed by atoms with E-state index < -0.39 is 0 Å². The lowest BCUT2D eigenvalue weighted by Gasteiger charge is -2.17. The topological polar surface area (TPSA) is 47.3 Å². The zero-order chi connectivity index (χ0) is 15.2. The molecule has 2 aromatic carbocycles. The SMILES string of the molecule is NNC(COc1ccc(Cl)cc1)Cc1cc(F)ccc1Cl. The van der Waals surface area contributed by atoms with Crippen molar-refractivity contribution in [3.05, 3.63) is 63.9 Å². The minimum atomic E-state index is -0.330. The highest BCUT2D eigenvalue weighted by Gasteiger charge is 2.12. The molecule has 0 bridgehead atoms. The van der Waals surface area contributed by atoms with Gasteiger partial charge in [0.25, 0.3) is 0 Å². The van der Waals surface area contributed by atoms with Gasteiger partial charge in [0.1, 0.15) is 18.2 Å². The van der Waals surface area contributed by atoms with Crippen LogP contribution in [0.5, 0.6) is 5.75 Å². The van der Waals surface area contributed by atoms with Gasteiger partial charge >= 0.3 is 0 Å². The molecule has 0 amide bonds. The summed E-state index contributed by atoms with van der Waals surface area (Å²) >= 11 is 11.8. The highest BCUT2D eigenvalue weighted by Crippen LogP contribution is 2.20. The molecule has 1 atom stereocenters. The van der Waals surface area contributed by atoms with Crippen LogP contribution in [0.15, 0.2) is 42.5 Å². The van der Waals surface area contributed by atoms with E-state index in [0.29, 0.717) is 34.4 Å². The smallest absolute Gasteiger partial charge is 0.123 e. The predicted octanol–water partition coefficient (Wildman–Crippen LogP) is 3.59. The number of hydrogen-bond acceptors (Lipinski definition) is 3. The number of halogens is 3. The molecule has 6 heteroatoms. The Morgan fingerprint density at radius 3 is 2.52 bits per heavy atom. The van der Waals surface area contributed by atoms with E-state index in [-0.39, 0.29) is 11.9 Å². The van der Waals surface area contributed by atoms with Crippen LogP contribution in [0, 0.1) is 5.82 Å². The van der Waals surface area contributed by atoms with Crippen LogP contribution in [0.1, 0.15) is 5.56 Å². The monoisotopic (exact) mass is 328 g/mol. The van der Waals surface area contributed by atoms with Gasteiger partial charge in [-0.3, -0.25) is 11.3 Å². The first kappa shape index (κ1) is 16.0. The number of ether oxygens (including phenoxy) is 1. The Labute approximate surface area is 132 Å². The fourth-order valence-corrected chi connectivity index (χ4v) is 2.18. The maximum absolute atomic E-state index is 13.2. The lowest BCUT2D eigenvalue weighted by molar-refractivity contribution is 0.264. The average Bonchev–Trinajstić information content (AvgIpc) is 2.48. The van der Waals surface area contributed by atoms with Crippen LogP contribution in [0.4, 0.5) is 4.39 Å². The molecule has 0 fully saturated rings. The van der Waals surface area contributed by atoms with Gasteiger partial charge in [0.2, 0.25) is 0 Å². The normalized spacial score (nSPS) is 12.2. The van der Waals surface area contributed by atoms with E-state index in [9.17, 15) is 4.39 Å². The zero-order valence-corrected chi connectivity index (χ0v) is 12.7. The molecule has 0 aliphatic rings. The van der Waals surface area contributed by atoms with Gasteiger partial charge in [-0.1, -0.05) is 23.2 Å². The minimum Gasteiger partial charge on any atom is -0.492 e. The number of rotatable bonds is 6. The largest absolute Gasteiger partial charge is 0.492 e. The molecule has 0 aliphatic heterocycles. The van der Waals surface area contributed by atoms with Gasteiger partial charge in [0.15, 0.2) is 0 Å². The second-order valence-corrected chi connectivity index (χ2v) is 5.41. The Balaban J connectivity index is 1.96. The number of hydrogen-bond donors (Lipinski definition) is 2. The van der Waals surface area contributed by atoms with Crippen LogP contribution in [-0.4, -0.2) is 12.6 Å². The predicted molar refractivity (Wildman–Crippen MR) is 83.2 cm³/mol. The fourth-order valence-electron chi connectivity index (χ4n) is 1.86. The molecule has 21 heavy (non-hydrogen) atoms. The summed E-state index contributed by atoms with van der Waals surface area (Å²) in [6.45, 7) is 0.324. The first-order valence-corrected chi connectivity index (χ1v) is 7.12. The third-order valence-electron chi connectivity index (χ3n) is 2.97. The van der Waals surface area contributed by atoms with Crippen LogP contribution in [-0.2, 0) is 6.42 Å². The van der Waals surface area contributed by atoms with Gasteiger partial charge < -0.3 is 4.74 Å². The molecular formula is C15H15Cl2FN2O. The number of benzene rings is 2. The van der Waals surface area contributed by atoms with E-state index >= 15 is 0 Å². The summed E-state index contributed by atoms with van der Waals surface area (Å²) in [6.07, 6.45) is 0.459. The quantitative estimate of drug-likeness (QED) is 0.629. The van der Waals surface area contributed by atoms with Gasteiger partial charge in [-0.05, 0) is 54.4 Å². The molecule has 0 aliphatic carbocycles. The van der Waals surface area contributed by atoms with Gasteiger partial charge in [-0.15, -0.1) is 0 Å². The summed E-state index contributed by atoms with van der Waals surface area (Å²) < 4.78 is 18.9. The minimum absolute atomic E-state index is 0.194. The van der Waals surface area contributed by atoms with E-state index in [2.05, 4.69) is 5.43 Å². The maximum Gasteiger partial charge on any atom is 0.123 e. The molecule has 0 spiro atoms. The molecule has 0 aromatic heterocycles. The standard InChI is InChI=1S/C15H15Cl2FN2O/c16-11-1-4-14(5-2-11)21-9-13(20-19)8-10-7-12(18)3-6-15(10)17/h1-7,13,20H,8-9,19H2. The van der Waals surface area contributed by atoms with E-state index in [1.165, 1.54) is 18.2 Å². The van der Waals surface area contributed by atoms with E-state index in [4.69, 9.17) is 33.8 Å².